The average Bonchev–Trinajstić information content (AvgIpc) is 3.09. The van der Waals surface area contributed by atoms with Crippen LogP contribution in [0.1, 0.15) is 12.5 Å². The fraction of sp³-hybridized carbons (Fsp3) is 0.0256. The lowest BCUT2D eigenvalue weighted by Gasteiger charge is -2.14. The Morgan fingerprint density at radius 1 is 0.535 bits per heavy atom. The van der Waals surface area contributed by atoms with E-state index < -0.39 is 0 Å². The molecule has 0 saturated heterocycles. The van der Waals surface area contributed by atoms with Crippen LogP contribution in [0.5, 0.6) is 0 Å². The first-order valence-corrected chi connectivity index (χ1v) is 14.1. The molecule has 4 heteroatoms. The standard InChI is InChI=1S/C39H30N4/c1-28(8-4-14-40-2)34-19-35(21-37(20-34)31-11-5-15-41-25-31)29-9-3-10-30(18-29)36-22-38(32-12-6-16-42-26-32)24-39(23-36)33-13-7-17-43-27-33/h3-27H,2H2,1H3/b14-4-,28-8+. The molecule has 3 aromatic heterocycles. The van der Waals surface area contributed by atoms with Crippen LogP contribution in [0.25, 0.3) is 61.2 Å². The highest BCUT2D eigenvalue weighted by Crippen LogP contribution is 2.36. The molecule has 6 rings (SSSR count). The van der Waals surface area contributed by atoms with Gasteiger partial charge in [0.2, 0.25) is 0 Å². The largest absolute Gasteiger partial charge is 0.273 e. The number of pyridine rings is 3. The van der Waals surface area contributed by atoms with Crippen molar-refractivity contribution in [3.05, 3.63) is 158 Å². The fourth-order valence-corrected chi connectivity index (χ4v) is 5.14. The summed E-state index contributed by atoms with van der Waals surface area (Å²) in [4.78, 5) is 16.9. The van der Waals surface area contributed by atoms with E-state index in [2.05, 4.69) is 119 Å². The smallest absolute Gasteiger partial charge is 0.0346 e. The van der Waals surface area contributed by atoms with Crippen LogP contribution in [-0.4, -0.2) is 21.7 Å². The molecule has 3 heterocycles. The number of rotatable bonds is 8. The van der Waals surface area contributed by atoms with Crippen LogP contribution >= 0.6 is 0 Å². The molecule has 0 radical (unpaired) electrons. The van der Waals surface area contributed by atoms with Gasteiger partial charge in [0.1, 0.15) is 0 Å². The van der Waals surface area contributed by atoms with Gasteiger partial charge >= 0.3 is 0 Å². The van der Waals surface area contributed by atoms with Crippen LogP contribution in [0.4, 0.5) is 0 Å². The zero-order chi connectivity index (χ0) is 29.4. The topological polar surface area (TPSA) is 51.0 Å². The molecule has 0 N–H and O–H groups in total. The molecule has 0 unspecified atom stereocenters. The summed E-state index contributed by atoms with van der Waals surface area (Å²) in [5.41, 5.74) is 13.3. The third-order valence-electron chi connectivity index (χ3n) is 7.37. The number of benzene rings is 3. The van der Waals surface area contributed by atoms with E-state index >= 15 is 0 Å². The molecule has 4 nitrogen and oxygen atoms in total. The SMILES string of the molecule is C=N/C=C\C=C(/C)c1cc(-c2cccnc2)cc(-c2cccc(-c3cc(-c4cccnc4)cc(-c4cccnc4)c3)c2)c1. The fourth-order valence-electron chi connectivity index (χ4n) is 5.14. The first-order chi connectivity index (χ1) is 21.2. The summed E-state index contributed by atoms with van der Waals surface area (Å²) in [6, 6.07) is 34.3. The van der Waals surface area contributed by atoms with Crippen LogP contribution in [-0.2, 0) is 0 Å². The summed E-state index contributed by atoms with van der Waals surface area (Å²) in [5, 5.41) is 0. The van der Waals surface area contributed by atoms with Crippen molar-refractivity contribution in [2.24, 2.45) is 4.99 Å². The Morgan fingerprint density at radius 2 is 0.930 bits per heavy atom. The predicted molar refractivity (Wildman–Crippen MR) is 179 cm³/mol. The lowest BCUT2D eigenvalue weighted by Crippen LogP contribution is -1.90. The third kappa shape index (κ3) is 6.45. The summed E-state index contributed by atoms with van der Waals surface area (Å²) in [5.74, 6) is 0. The van der Waals surface area contributed by atoms with Crippen molar-refractivity contribution in [3.8, 4) is 55.6 Å². The molecular weight excluding hydrogens is 524 g/mol. The van der Waals surface area contributed by atoms with Gasteiger partial charge in [-0.15, -0.1) is 0 Å². The van der Waals surface area contributed by atoms with Gasteiger partial charge in [-0.25, -0.2) is 0 Å². The first-order valence-electron chi connectivity index (χ1n) is 14.1. The molecule has 0 aliphatic heterocycles. The second kappa shape index (κ2) is 12.8. The molecule has 0 spiro atoms. The first kappa shape index (κ1) is 27.4. The monoisotopic (exact) mass is 554 g/mol. The van der Waals surface area contributed by atoms with E-state index in [-0.39, 0.29) is 0 Å². The van der Waals surface area contributed by atoms with Crippen molar-refractivity contribution in [2.75, 3.05) is 0 Å². The van der Waals surface area contributed by atoms with E-state index in [0.717, 1.165) is 66.8 Å². The van der Waals surface area contributed by atoms with E-state index in [0.29, 0.717) is 0 Å². The number of nitrogens with zero attached hydrogens (tertiary/aromatic N) is 4. The molecule has 0 aliphatic rings. The summed E-state index contributed by atoms with van der Waals surface area (Å²) in [6.07, 6.45) is 16.8. The molecule has 206 valence electrons. The van der Waals surface area contributed by atoms with Crippen LogP contribution in [0.2, 0.25) is 0 Å². The van der Waals surface area contributed by atoms with E-state index in [1.54, 1.807) is 24.8 Å². The lowest BCUT2D eigenvalue weighted by molar-refractivity contribution is 1.32. The Kier molecular flexibility index (Phi) is 8.19. The Morgan fingerprint density at radius 3 is 1.37 bits per heavy atom. The van der Waals surface area contributed by atoms with Gasteiger partial charge in [0.15, 0.2) is 0 Å². The molecule has 43 heavy (non-hydrogen) atoms. The van der Waals surface area contributed by atoms with Crippen LogP contribution in [0.3, 0.4) is 0 Å². The van der Waals surface area contributed by atoms with Gasteiger partial charge in [-0.3, -0.25) is 19.9 Å². The Hall–Kier alpha value is -5.74. The number of hydrogen-bond acceptors (Lipinski definition) is 4. The van der Waals surface area contributed by atoms with Gasteiger partial charge in [0.25, 0.3) is 0 Å². The van der Waals surface area contributed by atoms with Crippen LogP contribution < -0.4 is 0 Å². The predicted octanol–water partition coefficient (Wildman–Crippen LogP) is 9.82. The normalized spacial score (nSPS) is 11.5. The summed E-state index contributed by atoms with van der Waals surface area (Å²) in [7, 11) is 0. The van der Waals surface area contributed by atoms with Crippen molar-refractivity contribution in [2.45, 2.75) is 6.92 Å². The van der Waals surface area contributed by atoms with Crippen molar-refractivity contribution in [1.29, 1.82) is 0 Å². The van der Waals surface area contributed by atoms with Gasteiger partial charge in [0, 0.05) is 60.1 Å². The van der Waals surface area contributed by atoms with E-state index in [1.165, 1.54) is 0 Å². The molecule has 6 aromatic rings. The quantitative estimate of drug-likeness (QED) is 0.139. The van der Waals surface area contributed by atoms with Crippen molar-refractivity contribution in [3.63, 3.8) is 0 Å². The van der Waals surface area contributed by atoms with Crippen molar-refractivity contribution in [1.82, 2.24) is 15.0 Å². The maximum absolute atomic E-state index is 4.36. The molecule has 0 aliphatic carbocycles. The molecule has 0 atom stereocenters. The molecule has 0 fully saturated rings. The Bertz CT molecular complexity index is 1870. The number of hydrogen-bond donors (Lipinski definition) is 0. The zero-order valence-corrected chi connectivity index (χ0v) is 23.9. The van der Waals surface area contributed by atoms with E-state index in [1.807, 2.05) is 42.9 Å². The molecule has 3 aromatic carbocycles. The van der Waals surface area contributed by atoms with Gasteiger partial charge in [-0.2, -0.15) is 0 Å². The number of allylic oxidation sites excluding steroid dienone is 3. The van der Waals surface area contributed by atoms with Crippen LogP contribution in [0.15, 0.2) is 158 Å². The van der Waals surface area contributed by atoms with E-state index in [4.69, 9.17) is 0 Å². The molecule has 0 bridgehead atoms. The van der Waals surface area contributed by atoms with Gasteiger partial charge in [0.05, 0.1) is 0 Å². The second-order valence-electron chi connectivity index (χ2n) is 10.3. The summed E-state index contributed by atoms with van der Waals surface area (Å²) >= 11 is 0. The highest BCUT2D eigenvalue weighted by atomic mass is 14.6. The minimum Gasteiger partial charge on any atom is -0.273 e. The number of aromatic nitrogens is 3. The third-order valence-corrected chi connectivity index (χ3v) is 7.37. The van der Waals surface area contributed by atoms with Gasteiger partial charge in [-0.1, -0.05) is 42.5 Å². The maximum Gasteiger partial charge on any atom is 0.0346 e. The molecule has 0 amide bonds. The lowest BCUT2D eigenvalue weighted by atomic mass is 9.91. The van der Waals surface area contributed by atoms with Crippen molar-refractivity contribution < 1.29 is 0 Å². The zero-order valence-electron chi connectivity index (χ0n) is 23.9. The van der Waals surface area contributed by atoms with Crippen molar-refractivity contribution >= 4 is 12.3 Å². The molecule has 0 saturated carbocycles. The van der Waals surface area contributed by atoms with Gasteiger partial charge < -0.3 is 0 Å². The second-order valence-corrected chi connectivity index (χ2v) is 10.3. The highest BCUT2D eigenvalue weighted by Gasteiger charge is 2.11. The molecular formula is C39H30N4. The highest BCUT2D eigenvalue weighted by molar-refractivity contribution is 5.84. The summed E-state index contributed by atoms with van der Waals surface area (Å²) < 4.78 is 0. The minimum absolute atomic E-state index is 1.07. The van der Waals surface area contributed by atoms with Crippen LogP contribution in [0, 0.1) is 0 Å². The summed E-state index contributed by atoms with van der Waals surface area (Å²) in [6.45, 7) is 5.65. The minimum atomic E-state index is 1.07. The van der Waals surface area contributed by atoms with E-state index in [9.17, 15) is 0 Å². The maximum atomic E-state index is 4.36. The number of aliphatic imine (C=N–C) groups is 1. The Balaban J connectivity index is 1.48. The average molecular weight is 555 g/mol. The van der Waals surface area contributed by atoms with Gasteiger partial charge in [-0.05, 0) is 130 Å². The Labute approximate surface area is 252 Å².